The van der Waals surface area contributed by atoms with Gasteiger partial charge >= 0.3 is 0 Å². The summed E-state index contributed by atoms with van der Waals surface area (Å²) in [6.07, 6.45) is 1.06. The SMILES string of the molecule is CCCNC(c1ccc(OC)c(F)c1)C1CN(C)CCO1. The maximum absolute atomic E-state index is 14.0. The smallest absolute Gasteiger partial charge is 0.165 e. The fourth-order valence-corrected chi connectivity index (χ4v) is 2.65. The third kappa shape index (κ3) is 4.15. The first-order valence-corrected chi connectivity index (χ1v) is 7.52. The van der Waals surface area contributed by atoms with Crippen LogP contribution in [-0.4, -0.2) is 51.4 Å². The van der Waals surface area contributed by atoms with Crippen molar-refractivity contribution in [2.24, 2.45) is 0 Å². The molecule has 1 aromatic rings. The van der Waals surface area contributed by atoms with Gasteiger partial charge in [0.15, 0.2) is 11.6 Å². The number of nitrogens with zero attached hydrogens (tertiary/aromatic N) is 1. The Morgan fingerprint density at radius 2 is 2.33 bits per heavy atom. The van der Waals surface area contributed by atoms with E-state index in [1.165, 1.54) is 7.11 Å². The van der Waals surface area contributed by atoms with Crippen molar-refractivity contribution in [3.05, 3.63) is 29.6 Å². The predicted molar refractivity (Wildman–Crippen MR) is 81.2 cm³/mol. The Bertz CT molecular complexity index is 456. The number of nitrogens with one attached hydrogen (secondary N) is 1. The zero-order valence-corrected chi connectivity index (χ0v) is 13.1. The zero-order chi connectivity index (χ0) is 15.2. The van der Waals surface area contributed by atoms with E-state index in [0.717, 1.165) is 31.6 Å². The monoisotopic (exact) mass is 296 g/mol. The minimum absolute atomic E-state index is 0.00638. The Morgan fingerprint density at radius 3 is 2.95 bits per heavy atom. The summed E-state index contributed by atoms with van der Waals surface area (Å²) in [6.45, 7) is 5.49. The molecule has 0 amide bonds. The van der Waals surface area contributed by atoms with Crippen molar-refractivity contribution in [3.8, 4) is 5.75 Å². The summed E-state index contributed by atoms with van der Waals surface area (Å²) in [7, 11) is 3.56. The molecular weight excluding hydrogens is 271 g/mol. The Balaban J connectivity index is 2.20. The van der Waals surface area contributed by atoms with Gasteiger partial charge in [0, 0.05) is 13.1 Å². The predicted octanol–water partition coefficient (Wildman–Crippen LogP) is 2.21. The third-order valence-electron chi connectivity index (χ3n) is 3.82. The molecular formula is C16H25FN2O2. The van der Waals surface area contributed by atoms with E-state index in [1.807, 2.05) is 6.07 Å². The van der Waals surface area contributed by atoms with Crippen LogP contribution in [0.4, 0.5) is 4.39 Å². The molecule has 1 fully saturated rings. The number of methoxy groups -OCH3 is 1. The normalized spacial score (nSPS) is 21.2. The lowest BCUT2D eigenvalue weighted by atomic mass is 9.99. The Labute approximate surface area is 126 Å². The van der Waals surface area contributed by atoms with Gasteiger partial charge in [0.2, 0.25) is 0 Å². The highest BCUT2D eigenvalue weighted by Crippen LogP contribution is 2.26. The number of morpholine rings is 1. The molecule has 0 saturated carbocycles. The molecule has 21 heavy (non-hydrogen) atoms. The van der Waals surface area contributed by atoms with E-state index in [1.54, 1.807) is 12.1 Å². The van der Waals surface area contributed by atoms with Gasteiger partial charge in [0.25, 0.3) is 0 Å². The molecule has 1 aliphatic rings. The molecule has 0 spiro atoms. The van der Waals surface area contributed by atoms with Crippen molar-refractivity contribution in [1.29, 1.82) is 0 Å². The minimum Gasteiger partial charge on any atom is -0.494 e. The lowest BCUT2D eigenvalue weighted by Gasteiger charge is -2.36. The first-order chi connectivity index (χ1) is 10.2. The number of likely N-dealkylation sites (N-methyl/N-ethyl adjacent to an activating group) is 1. The van der Waals surface area contributed by atoms with Crippen LogP contribution in [0.25, 0.3) is 0 Å². The molecule has 1 heterocycles. The van der Waals surface area contributed by atoms with Gasteiger partial charge in [-0.3, -0.25) is 0 Å². The second-order valence-corrected chi connectivity index (χ2v) is 5.50. The van der Waals surface area contributed by atoms with Gasteiger partial charge in [-0.1, -0.05) is 13.0 Å². The lowest BCUT2D eigenvalue weighted by Crippen LogP contribution is -2.46. The highest BCUT2D eigenvalue weighted by Gasteiger charge is 2.28. The average Bonchev–Trinajstić information content (AvgIpc) is 2.48. The zero-order valence-electron chi connectivity index (χ0n) is 13.1. The van der Waals surface area contributed by atoms with Crippen LogP contribution in [0.5, 0.6) is 5.75 Å². The van der Waals surface area contributed by atoms with Gasteiger partial charge in [0.1, 0.15) is 0 Å². The Hall–Kier alpha value is -1.17. The number of rotatable bonds is 6. The van der Waals surface area contributed by atoms with Crippen molar-refractivity contribution in [2.75, 3.05) is 40.4 Å². The summed E-state index contributed by atoms with van der Waals surface area (Å²) >= 11 is 0. The molecule has 0 bridgehead atoms. The Morgan fingerprint density at radius 1 is 1.52 bits per heavy atom. The van der Waals surface area contributed by atoms with Crippen LogP contribution < -0.4 is 10.1 Å². The average molecular weight is 296 g/mol. The highest BCUT2D eigenvalue weighted by atomic mass is 19.1. The van der Waals surface area contributed by atoms with Crippen LogP contribution in [0, 0.1) is 5.82 Å². The number of benzene rings is 1. The first-order valence-electron chi connectivity index (χ1n) is 7.52. The largest absolute Gasteiger partial charge is 0.494 e. The van der Waals surface area contributed by atoms with Gasteiger partial charge in [-0.2, -0.15) is 0 Å². The van der Waals surface area contributed by atoms with Crippen LogP contribution in [-0.2, 0) is 4.74 Å². The number of halogens is 1. The van der Waals surface area contributed by atoms with Crippen molar-refractivity contribution in [1.82, 2.24) is 10.2 Å². The van der Waals surface area contributed by atoms with Crippen molar-refractivity contribution < 1.29 is 13.9 Å². The molecule has 1 aromatic carbocycles. The molecule has 1 saturated heterocycles. The van der Waals surface area contributed by atoms with Crippen molar-refractivity contribution >= 4 is 0 Å². The summed E-state index contributed by atoms with van der Waals surface area (Å²) in [4.78, 5) is 2.24. The van der Waals surface area contributed by atoms with Gasteiger partial charge in [0.05, 0.1) is 25.9 Å². The van der Waals surface area contributed by atoms with E-state index < -0.39 is 0 Å². The number of hydrogen-bond acceptors (Lipinski definition) is 4. The summed E-state index contributed by atoms with van der Waals surface area (Å²) in [5.74, 6) is -0.0582. The van der Waals surface area contributed by atoms with Crippen molar-refractivity contribution in [3.63, 3.8) is 0 Å². The second kappa shape index (κ2) is 7.73. The van der Waals surface area contributed by atoms with E-state index in [2.05, 4.69) is 24.2 Å². The molecule has 118 valence electrons. The van der Waals surface area contributed by atoms with Crippen LogP contribution in [0.1, 0.15) is 24.9 Å². The molecule has 1 aliphatic heterocycles. The van der Waals surface area contributed by atoms with E-state index in [0.29, 0.717) is 6.61 Å². The standard InChI is InChI=1S/C16H25FN2O2/c1-4-7-18-16(15-11-19(2)8-9-21-15)12-5-6-14(20-3)13(17)10-12/h5-6,10,15-16,18H,4,7-9,11H2,1-3H3. The Kier molecular flexibility index (Phi) is 5.96. The van der Waals surface area contributed by atoms with E-state index in [-0.39, 0.29) is 23.7 Å². The van der Waals surface area contributed by atoms with Crippen LogP contribution >= 0.6 is 0 Å². The molecule has 0 aromatic heterocycles. The summed E-state index contributed by atoms with van der Waals surface area (Å²) in [5.41, 5.74) is 0.905. The summed E-state index contributed by atoms with van der Waals surface area (Å²) < 4.78 is 24.9. The third-order valence-corrected chi connectivity index (χ3v) is 3.82. The van der Waals surface area contributed by atoms with Gasteiger partial charge in [-0.25, -0.2) is 4.39 Å². The molecule has 2 atom stereocenters. The van der Waals surface area contributed by atoms with Gasteiger partial charge < -0.3 is 19.7 Å². The van der Waals surface area contributed by atoms with E-state index >= 15 is 0 Å². The topological polar surface area (TPSA) is 33.7 Å². The van der Waals surface area contributed by atoms with E-state index in [4.69, 9.17) is 9.47 Å². The quantitative estimate of drug-likeness (QED) is 0.872. The van der Waals surface area contributed by atoms with Gasteiger partial charge in [-0.15, -0.1) is 0 Å². The molecule has 0 radical (unpaired) electrons. The van der Waals surface area contributed by atoms with Crippen LogP contribution in [0.15, 0.2) is 18.2 Å². The first kappa shape index (κ1) is 16.2. The highest BCUT2D eigenvalue weighted by molar-refractivity contribution is 5.31. The summed E-state index contributed by atoms with van der Waals surface area (Å²) in [5, 5.41) is 3.48. The second-order valence-electron chi connectivity index (χ2n) is 5.50. The molecule has 0 aliphatic carbocycles. The van der Waals surface area contributed by atoms with Crippen LogP contribution in [0.2, 0.25) is 0 Å². The fraction of sp³-hybridized carbons (Fsp3) is 0.625. The fourth-order valence-electron chi connectivity index (χ4n) is 2.65. The maximum Gasteiger partial charge on any atom is 0.165 e. The molecule has 2 rings (SSSR count). The number of ether oxygens (including phenoxy) is 2. The number of hydrogen-bond donors (Lipinski definition) is 1. The molecule has 2 unspecified atom stereocenters. The maximum atomic E-state index is 14.0. The van der Waals surface area contributed by atoms with Crippen LogP contribution in [0.3, 0.4) is 0 Å². The van der Waals surface area contributed by atoms with E-state index in [9.17, 15) is 4.39 Å². The molecule has 4 nitrogen and oxygen atoms in total. The molecule has 1 N–H and O–H groups in total. The van der Waals surface area contributed by atoms with Crippen molar-refractivity contribution in [2.45, 2.75) is 25.5 Å². The minimum atomic E-state index is -0.331. The lowest BCUT2D eigenvalue weighted by molar-refractivity contribution is -0.0392. The van der Waals surface area contributed by atoms with Gasteiger partial charge in [-0.05, 0) is 37.7 Å². The summed E-state index contributed by atoms with van der Waals surface area (Å²) in [6, 6.07) is 5.13. The molecule has 5 heteroatoms.